The average Bonchev–Trinajstić information content (AvgIpc) is 2.87. The fourth-order valence-electron chi connectivity index (χ4n) is 4.18. The third kappa shape index (κ3) is 5.23. The number of fused-ring (bicyclic) bond motifs is 1. The number of ether oxygens (including phenoxy) is 2. The van der Waals surface area contributed by atoms with E-state index in [-0.39, 0.29) is 18.2 Å². The van der Waals surface area contributed by atoms with Crippen molar-refractivity contribution in [2.75, 3.05) is 7.11 Å². The van der Waals surface area contributed by atoms with Crippen molar-refractivity contribution in [2.45, 2.75) is 83.8 Å². The normalized spacial score (nSPS) is 30.2. The fraction of sp³-hybridized carbons (Fsp3) is 0.850. The van der Waals surface area contributed by atoms with Crippen molar-refractivity contribution in [2.24, 2.45) is 17.8 Å². The van der Waals surface area contributed by atoms with Crippen molar-refractivity contribution in [3.8, 4) is 0 Å². The molecule has 1 saturated carbocycles. The van der Waals surface area contributed by atoms with Gasteiger partial charge in [-0.25, -0.2) is 0 Å². The Balaban J connectivity index is 1.81. The van der Waals surface area contributed by atoms with Gasteiger partial charge in [0.05, 0.1) is 19.0 Å². The predicted molar refractivity (Wildman–Crippen MR) is 94.3 cm³/mol. The Hall–Kier alpha value is -1.03. The van der Waals surface area contributed by atoms with Crippen LogP contribution in [0.1, 0.15) is 71.6 Å². The molecule has 1 N–H and O–H groups in total. The van der Waals surface area contributed by atoms with Gasteiger partial charge < -0.3 is 14.6 Å². The molecule has 0 aromatic heterocycles. The number of carbonyl (C=O) groups excluding carboxylic acids is 1. The summed E-state index contributed by atoms with van der Waals surface area (Å²) < 4.78 is 10.9. The first-order valence-corrected chi connectivity index (χ1v) is 9.65. The highest BCUT2D eigenvalue weighted by molar-refractivity contribution is 5.69. The smallest absolute Gasteiger partial charge is 0.305 e. The van der Waals surface area contributed by atoms with Crippen LogP contribution in [0.5, 0.6) is 0 Å². The quantitative estimate of drug-likeness (QED) is 0.505. The van der Waals surface area contributed by atoms with Gasteiger partial charge in [0.1, 0.15) is 6.10 Å². The summed E-state index contributed by atoms with van der Waals surface area (Å²) in [5.74, 6) is 2.02. The number of carbonyl (C=O) groups is 1. The van der Waals surface area contributed by atoms with E-state index >= 15 is 0 Å². The third-order valence-corrected chi connectivity index (χ3v) is 5.68. The molecule has 0 aromatic carbocycles. The molecule has 4 nitrogen and oxygen atoms in total. The van der Waals surface area contributed by atoms with Crippen LogP contribution in [0.15, 0.2) is 11.8 Å². The molecule has 1 aliphatic heterocycles. The zero-order valence-electron chi connectivity index (χ0n) is 15.5. The van der Waals surface area contributed by atoms with Gasteiger partial charge in [0, 0.05) is 25.2 Å². The number of unbranched alkanes of at least 4 members (excludes halogenated alkanes) is 2. The summed E-state index contributed by atoms with van der Waals surface area (Å²) in [6.07, 6.45) is 11.0. The monoisotopic (exact) mass is 338 g/mol. The molecule has 5 unspecified atom stereocenters. The largest absolute Gasteiger partial charge is 0.495 e. The van der Waals surface area contributed by atoms with Gasteiger partial charge in [0.2, 0.25) is 0 Å². The lowest BCUT2D eigenvalue weighted by atomic mass is 9.83. The zero-order valence-corrected chi connectivity index (χ0v) is 15.5. The summed E-state index contributed by atoms with van der Waals surface area (Å²) >= 11 is 0. The SMILES string of the molecule is CCCCCC1=CCC2C(CC(O)C2CCC(C)CC(=O)OC)O1. The molecule has 0 saturated heterocycles. The Morgan fingerprint density at radius 2 is 2.25 bits per heavy atom. The van der Waals surface area contributed by atoms with Crippen molar-refractivity contribution in [3.63, 3.8) is 0 Å². The first-order valence-electron chi connectivity index (χ1n) is 9.65. The Morgan fingerprint density at radius 3 is 2.96 bits per heavy atom. The standard InChI is InChI=1S/C20H34O4/c1-4-5-6-7-15-9-11-17-16(18(21)13-19(17)24-15)10-8-14(2)12-20(22)23-3/h9,14,16-19,21H,4-8,10-13H2,1-3H3. The van der Waals surface area contributed by atoms with E-state index < -0.39 is 0 Å². The molecule has 1 heterocycles. The molecule has 1 fully saturated rings. The molecule has 0 aromatic rings. The van der Waals surface area contributed by atoms with E-state index in [9.17, 15) is 9.90 Å². The fourth-order valence-corrected chi connectivity index (χ4v) is 4.18. The predicted octanol–water partition coefficient (Wildman–Crippen LogP) is 4.22. The Bertz CT molecular complexity index is 431. The number of aliphatic hydroxyl groups is 1. The summed E-state index contributed by atoms with van der Waals surface area (Å²) in [6, 6.07) is 0. The Labute approximate surface area is 146 Å². The van der Waals surface area contributed by atoms with Crippen molar-refractivity contribution in [1.82, 2.24) is 0 Å². The minimum absolute atomic E-state index is 0.145. The minimum Gasteiger partial charge on any atom is -0.495 e. The van der Waals surface area contributed by atoms with Crippen molar-refractivity contribution >= 4 is 5.97 Å². The topological polar surface area (TPSA) is 55.8 Å². The number of methoxy groups -OCH3 is 1. The molecule has 1 aliphatic carbocycles. The second-order valence-corrected chi connectivity index (χ2v) is 7.61. The Kier molecular flexibility index (Phi) is 7.60. The van der Waals surface area contributed by atoms with Crippen LogP contribution >= 0.6 is 0 Å². The lowest BCUT2D eigenvalue weighted by molar-refractivity contribution is -0.141. The highest BCUT2D eigenvalue weighted by Crippen LogP contribution is 2.44. The summed E-state index contributed by atoms with van der Waals surface area (Å²) in [4.78, 5) is 11.4. The summed E-state index contributed by atoms with van der Waals surface area (Å²) in [7, 11) is 1.43. The van der Waals surface area contributed by atoms with Gasteiger partial charge in [-0.15, -0.1) is 0 Å². The molecule has 0 bridgehead atoms. The third-order valence-electron chi connectivity index (χ3n) is 5.68. The van der Waals surface area contributed by atoms with Gasteiger partial charge in [0.25, 0.3) is 0 Å². The number of allylic oxidation sites excluding steroid dienone is 2. The molecular formula is C20H34O4. The van der Waals surface area contributed by atoms with E-state index in [2.05, 4.69) is 19.9 Å². The second kappa shape index (κ2) is 9.45. The van der Waals surface area contributed by atoms with E-state index in [1.165, 1.54) is 26.4 Å². The van der Waals surface area contributed by atoms with Gasteiger partial charge >= 0.3 is 5.97 Å². The van der Waals surface area contributed by atoms with Crippen LogP contribution in [0.25, 0.3) is 0 Å². The molecule has 2 rings (SSSR count). The van der Waals surface area contributed by atoms with Crippen LogP contribution < -0.4 is 0 Å². The van der Waals surface area contributed by atoms with E-state index in [0.29, 0.717) is 24.2 Å². The number of hydrogen-bond donors (Lipinski definition) is 1. The summed E-state index contributed by atoms with van der Waals surface area (Å²) in [5.41, 5.74) is 0. The molecule has 5 atom stereocenters. The molecule has 0 radical (unpaired) electrons. The Morgan fingerprint density at radius 1 is 1.46 bits per heavy atom. The van der Waals surface area contributed by atoms with Crippen molar-refractivity contribution in [3.05, 3.63) is 11.8 Å². The number of aliphatic hydroxyl groups excluding tert-OH is 1. The van der Waals surface area contributed by atoms with Crippen LogP contribution in [0, 0.1) is 17.8 Å². The van der Waals surface area contributed by atoms with Gasteiger partial charge in [-0.2, -0.15) is 0 Å². The zero-order chi connectivity index (χ0) is 17.5. The minimum atomic E-state index is -0.270. The molecule has 138 valence electrons. The van der Waals surface area contributed by atoms with Crippen LogP contribution in [0.3, 0.4) is 0 Å². The van der Waals surface area contributed by atoms with E-state index in [1.54, 1.807) is 0 Å². The van der Waals surface area contributed by atoms with Gasteiger partial charge in [0.15, 0.2) is 0 Å². The maximum atomic E-state index is 11.4. The maximum Gasteiger partial charge on any atom is 0.305 e. The van der Waals surface area contributed by atoms with Gasteiger partial charge in [-0.3, -0.25) is 4.79 Å². The van der Waals surface area contributed by atoms with Crippen LogP contribution in [0.4, 0.5) is 0 Å². The highest BCUT2D eigenvalue weighted by Gasteiger charge is 2.44. The maximum absolute atomic E-state index is 11.4. The van der Waals surface area contributed by atoms with Gasteiger partial charge in [-0.05, 0) is 43.6 Å². The lowest BCUT2D eigenvalue weighted by Gasteiger charge is -2.30. The summed E-state index contributed by atoms with van der Waals surface area (Å²) in [5, 5.41) is 10.5. The molecular weight excluding hydrogens is 304 g/mol. The van der Waals surface area contributed by atoms with Crippen molar-refractivity contribution in [1.29, 1.82) is 0 Å². The number of hydrogen-bond acceptors (Lipinski definition) is 4. The number of esters is 1. The van der Waals surface area contributed by atoms with Crippen LogP contribution in [-0.4, -0.2) is 30.4 Å². The van der Waals surface area contributed by atoms with Crippen LogP contribution in [0.2, 0.25) is 0 Å². The lowest BCUT2D eigenvalue weighted by Crippen LogP contribution is -2.26. The molecule has 2 aliphatic rings. The van der Waals surface area contributed by atoms with E-state index in [4.69, 9.17) is 9.47 Å². The molecule has 0 spiro atoms. The molecule has 4 heteroatoms. The van der Waals surface area contributed by atoms with E-state index in [1.807, 2.05) is 0 Å². The summed E-state index contributed by atoms with van der Waals surface area (Å²) in [6.45, 7) is 4.30. The first-order chi connectivity index (χ1) is 11.5. The highest BCUT2D eigenvalue weighted by atomic mass is 16.5. The second-order valence-electron chi connectivity index (χ2n) is 7.61. The average molecular weight is 338 g/mol. The van der Waals surface area contributed by atoms with Crippen LogP contribution in [-0.2, 0) is 14.3 Å². The van der Waals surface area contributed by atoms with Gasteiger partial charge in [-0.1, -0.05) is 26.7 Å². The van der Waals surface area contributed by atoms with E-state index in [0.717, 1.165) is 37.9 Å². The van der Waals surface area contributed by atoms with Crippen molar-refractivity contribution < 1.29 is 19.4 Å². The molecule has 0 amide bonds. The first kappa shape index (κ1) is 19.3. The number of rotatable bonds is 9. The molecule has 24 heavy (non-hydrogen) atoms.